The van der Waals surface area contributed by atoms with E-state index in [1.165, 1.54) is 6.07 Å². The summed E-state index contributed by atoms with van der Waals surface area (Å²) in [6.45, 7) is 5.83. The first kappa shape index (κ1) is 16.4. The third-order valence-electron chi connectivity index (χ3n) is 4.97. The van der Waals surface area contributed by atoms with Crippen LogP contribution < -0.4 is 0 Å². The lowest BCUT2D eigenvalue weighted by molar-refractivity contribution is -0.138. The number of benzene rings is 1. The van der Waals surface area contributed by atoms with Crippen molar-refractivity contribution in [3.63, 3.8) is 0 Å². The molecule has 0 bridgehead atoms. The monoisotopic (exact) mass is 320 g/mol. The van der Waals surface area contributed by atoms with E-state index in [1.807, 2.05) is 17.9 Å². The Kier molecular flexibility index (Phi) is 5.28. The summed E-state index contributed by atoms with van der Waals surface area (Å²) >= 11 is 0. The van der Waals surface area contributed by atoms with Gasteiger partial charge >= 0.3 is 0 Å². The fourth-order valence-corrected chi connectivity index (χ4v) is 3.64. The maximum absolute atomic E-state index is 13.4. The number of carbonyl (C=O) groups excluding carboxylic acids is 1. The van der Waals surface area contributed by atoms with E-state index in [-0.39, 0.29) is 23.8 Å². The van der Waals surface area contributed by atoms with E-state index in [4.69, 9.17) is 4.74 Å². The first-order valence-corrected chi connectivity index (χ1v) is 8.52. The van der Waals surface area contributed by atoms with Crippen molar-refractivity contribution in [3.8, 4) is 0 Å². The maximum Gasteiger partial charge on any atom is 0.239 e. The van der Waals surface area contributed by atoms with Crippen LogP contribution in [-0.4, -0.2) is 60.6 Å². The van der Waals surface area contributed by atoms with Crippen LogP contribution in [-0.2, 0) is 16.0 Å². The normalized spacial score (nSPS) is 23.9. The van der Waals surface area contributed by atoms with E-state index >= 15 is 0 Å². The average Bonchev–Trinajstić information content (AvgIpc) is 3.02. The van der Waals surface area contributed by atoms with Crippen LogP contribution in [0.3, 0.4) is 0 Å². The molecule has 2 heterocycles. The van der Waals surface area contributed by atoms with Crippen molar-refractivity contribution in [1.29, 1.82) is 0 Å². The van der Waals surface area contributed by atoms with Crippen molar-refractivity contribution in [2.24, 2.45) is 0 Å². The molecule has 4 nitrogen and oxygen atoms in total. The number of halogens is 1. The summed E-state index contributed by atoms with van der Waals surface area (Å²) in [5.41, 5.74) is 0.966. The molecule has 0 saturated carbocycles. The minimum atomic E-state index is -0.208. The summed E-state index contributed by atoms with van der Waals surface area (Å²) in [4.78, 5) is 17.1. The number of nitrogens with zero attached hydrogens (tertiary/aromatic N) is 2. The molecule has 126 valence electrons. The Hall–Kier alpha value is -1.46. The predicted octanol–water partition coefficient (Wildman–Crippen LogP) is 2.08. The first-order chi connectivity index (χ1) is 11.1. The number of likely N-dealkylation sites (tertiary alicyclic amines) is 1. The van der Waals surface area contributed by atoms with Crippen LogP contribution in [0.4, 0.5) is 4.39 Å². The number of ether oxygens (including phenoxy) is 1. The zero-order chi connectivity index (χ0) is 16.2. The molecule has 3 rings (SSSR count). The third-order valence-corrected chi connectivity index (χ3v) is 4.97. The van der Waals surface area contributed by atoms with Crippen LogP contribution in [0, 0.1) is 5.82 Å². The van der Waals surface area contributed by atoms with Crippen molar-refractivity contribution in [2.75, 3.05) is 32.8 Å². The van der Waals surface area contributed by atoms with Gasteiger partial charge in [-0.2, -0.15) is 0 Å². The largest absolute Gasteiger partial charge is 0.379 e. The van der Waals surface area contributed by atoms with Gasteiger partial charge in [0.05, 0.1) is 19.3 Å². The second-order valence-corrected chi connectivity index (χ2v) is 6.49. The summed E-state index contributed by atoms with van der Waals surface area (Å²) in [6, 6.07) is 6.80. The minimum absolute atomic E-state index is 0.105. The van der Waals surface area contributed by atoms with E-state index in [0.29, 0.717) is 13.2 Å². The van der Waals surface area contributed by atoms with Crippen LogP contribution in [0.25, 0.3) is 0 Å². The molecule has 0 N–H and O–H groups in total. The van der Waals surface area contributed by atoms with E-state index < -0.39 is 0 Å². The van der Waals surface area contributed by atoms with Crippen LogP contribution >= 0.6 is 0 Å². The van der Waals surface area contributed by atoms with Crippen LogP contribution in [0.2, 0.25) is 0 Å². The summed E-state index contributed by atoms with van der Waals surface area (Å²) in [5, 5.41) is 0. The Balaban J connectivity index is 1.64. The zero-order valence-electron chi connectivity index (χ0n) is 13.7. The molecule has 1 aromatic carbocycles. The van der Waals surface area contributed by atoms with E-state index in [2.05, 4.69) is 4.90 Å². The Morgan fingerprint density at radius 1 is 1.35 bits per heavy atom. The molecule has 0 spiro atoms. The quantitative estimate of drug-likeness (QED) is 0.851. The van der Waals surface area contributed by atoms with Gasteiger partial charge in [0.25, 0.3) is 0 Å². The Bertz CT molecular complexity index is 546. The van der Waals surface area contributed by atoms with Crippen molar-refractivity contribution in [1.82, 2.24) is 9.80 Å². The number of carbonyl (C=O) groups is 1. The molecule has 2 unspecified atom stereocenters. The molecule has 1 aromatic rings. The lowest BCUT2D eigenvalue weighted by Gasteiger charge is -2.35. The lowest BCUT2D eigenvalue weighted by atomic mass is 10.0. The van der Waals surface area contributed by atoms with Gasteiger partial charge in [0.15, 0.2) is 0 Å². The van der Waals surface area contributed by atoms with Crippen LogP contribution in [0.1, 0.15) is 25.3 Å². The fourth-order valence-electron chi connectivity index (χ4n) is 3.64. The average molecular weight is 320 g/mol. The predicted molar refractivity (Wildman–Crippen MR) is 86.7 cm³/mol. The molecular formula is C18H25FN2O2. The van der Waals surface area contributed by atoms with Crippen molar-refractivity contribution < 1.29 is 13.9 Å². The highest BCUT2D eigenvalue weighted by Crippen LogP contribution is 2.23. The van der Waals surface area contributed by atoms with Gasteiger partial charge in [0.2, 0.25) is 5.91 Å². The second kappa shape index (κ2) is 7.41. The molecule has 23 heavy (non-hydrogen) atoms. The second-order valence-electron chi connectivity index (χ2n) is 6.49. The zero-order valence-corrected chi connectivity index (χ0v) is 13.7. The smallest absolute Gasteiger partial charge is 0.239 e. The molecule has 2 saturated heterocycles. The summed E-state index contributed by atoms with van der Waals surface area (Å²) in [7, 11) is 0. The number of morpholine rings is 1. The Labute approximate surface area is 137 Å². The van der Waals surface area contributed by atoms with E-state index in [1.54, 1.807) is 12.1 Å². The molecule has 2 fully saturated rings. The molecule has 1 amide bonds. The standard InChI is InChI=1S/C18H25FN2O2/c1-14(20-8-10-23-11-9-20)18(22)21-7-3-6-17(21)13-15-4-2-5-16(19)12-15/h2,4-5,12,14,17H,3,6-11,13H2,1H3. The van der Waals surface area contributed by atoms with E-state index in [0.717, 1.165) is 44.5 Å². The Morgan fingerprint density at radius 3 is 2.87 bits per heavy atom. The molecular weight excluding hydrogens is 295 g/mol. The molecule has 2 atom stereocenters. The van der Waals surface area contributed by atoms with Crippen molar-refractivity contribution in [2.45, 2.75) is 38.3 Å². The molecule has 0 aliphatic carbocycles. The van der Waals surface area contributed by atoms with Gasteiger partial charge in [-0.25, -0.2) is 4.39 Å². The highest BCUT2D eigenvalue weighted by molar-refractivity contribution is 5.82. The Morgan fingerprint density at radius 2 is 2.13 bits per heavy atom. The van der Waals surface area contributed by atoms with E-state index in [9.17, 15) is 9.18 Å². The highest BCUT2D eigenvalue weighted by Gasteiger charge is 2.34. The van der Waals surface area contributed by atoms with Gasteiger partial charge in [-0.3, -0.25) is 9.69 Å². The SMILES string of the molecule is CC(C(=O)N1CCCC1Cc1cccc(F)c1)N1CCOCC1. The van der Waals surface area contributed by atoms with Gasteiger partial charge in [-0.1, -0.05) is 12.1 Å². The lowest BCUT2D eigenvalue weighted by Crippen LogP contribution is -2.52. The molecule has 0 aromatic heterocycles. The van der Waals surface area contributed by atoms with Crippen LogP contribution in [0.5, 0.6) is 0 Å². The van der Waals surface area contributed by atoms with Crippen molar-refractivity contribution >= 4 is 5.91 Å². The minimum Gasteiger partial charge on any atom is -0.379 e. The molecule has 0 radical (unpaired) electrons. The highest BCUT2D eigenvalue weighted by atomic mass is 19.1. The first-order valence-electron chi connectivity index (χ1n) is 8.52. The van der Waals surface area contributed by atoms with Gasteiger partial charge < -0.3 is 9.64 Å². The number of hydrogen-bond acceptors (Lipinski definition) is 3. The third kappa shape index (κ3) is 3.90. The summed E-state index contributed by atoms with van der Waals surface area (Å²) in [5.74, 6) is -0.00846. The van der Waals surface area contributed by atoms with Crippen molar-refractivity contribution in [3.05, 3.63) is 35.6 Å². The number of amides is 1. The topological polar surface area (TPSA) is 32.8 Å². The number of hydrogen-bond donors (Lipinski definition) is 0. The van der Waals surface area contributed by atoms with Gasteiger partial charge in [-0.15, -0.1) is 0 Å². The van der Waals surface area contributed by atoms with Crippen LogP contribution in [0.15, 0.2) is 24.3 Å². The van der Waals surface area contributed by atoms with Gasteiger partial charge in [-0.05, 0) is 43.9 Å². The number of rotatable bonds is 4. The summed E-state index contributed by atoms with van der Waals surface area (Å²) < 4.78 is 18.7. The molecule has 5 heteroatoms. The van der Waals surface area contributed by atoms with Gasteiger partial charge in [0.1, 0.15) is 5.82 Å². The maximum atomic E-state index is 13.4. The summed E-state index contributed by atoms with van der Waals surface area (Å²) in [6.07, 6.45) is 2.76. The molecule has 2 aliphatic heterocycles. The molecule has 2 aliphatic rings. The fraction of sp³-hybridized carbons (Fsp3) is 0.611. The van der Waals surface area contributed by atoms with Gasteiger partial charge in [0, 0.05) is 25.7 Å².